The molecule has 0 aliphatic rings. The Kier molecular flexibility index (Phi) is 6.02. The highest BCUT2D eigenvalue weighted by Gasteiger charge is 2.34. The smallest absolute Gasteiger partial charge is 0.323 e. The zero-order valence-corrected chi connectivity index (χ0v) is 12.8. The SMILES string of the molecule is CCC(CCCOc1cccc(C)c1C)(NC)C(=O)O. The minimum Gasteiger partial charge on any atom is -0.493 e. The van der Waals surface area contributed by atoms with Crippen LogP contribution in [0.5, 0.6) is 5.75 Å². The van der Waals surface area contributed by atoms with Gasteiger partial charge in [0.25, 0.3) is 0 Å². The first-order chi connectivity index (χ1) is 9.46. The Bertz CT molecular complexity index is 453. The average Bonchev–Trinajstić information content (AvgIpc) is 2.43. The van der Waals surface area contributed by atoms with Crippen molar-refractivity contribution < 1.29 is 14.6 Å². The summed E-state index contributed by atoms with van der Waals surface area (Å²) < 4.78 is 5.76. The molecule has 0 aliphatic carbocycles. The van der Waals surface area contributed by atoms with Gasteiger partial charge in [0.2, 0.25) is 0 Å². The van der Waals surface area contributed by atoms with E-state index in [-0.39, 0.29) is 0 Å². The van der Waals surface area contributed by atoms with Crippen LogP contribution in [-0.4, -0.2) is 30.3 Å². The predicted octanol–water partition coefficient (Wildman–Crippen LogP) is 2.92. The molecule has 0 bridgehead atoms. The number of rotatable bonds is 8. The van der Waals surface area contributed by atoms with E-state index < -0.39 is 11.5 Å². The van der Waals surface area contributed by atoms with Gasteiger partial charge in [-0.1, -0.05) is 19.1 Å². The lowest BCUT2D eigenvalue weighted by atomic mass is 9.91. The van der Waals surface area contributed by atoms with Crippen molar-refractivity contribution in [3.8, 4) is 5.75 Å². The van der Waals surface area contributed by atoms with Gasteiger partial charge < -0.3 is 15.2 Å². The van der Waals surface area contributed by atoms with Gasteiger partial charge in [-0.25, -0.2) is 0 Å². The third-order valence-electron chi connectivity index (χ3n) is 4.05. The van der Waals surface area contributed by atoms with Crippen molar-refractivity contribution in [1.82, 2.24) is 5.32 Å². The van der Waals surface area contributed by atoms with Gasteiger partial charge in [-0.05, 0) is 57.4 Å². The van der Waals surface area contributed by atoms with Crippen LogP contribution in [0.25, 0.3) is 0 Å². The number of ether oxygens (including phenoxy) is 1. The zero-order valence-electron chi connectivity index (χ0n) is 12.8. The van der Waals surface area contributed by atoms with E-state index in [1.54, 1.807) is 7.05 Å². The number of nitrogens with one attached hydrogen (secondary N) is 1. The normalized spacial score (nSPS) is 13.8. The zero-order chi connectivity index (χ0) is 15.2. The number of carboxylic acid groups (broad SMARTS) is 1. The third kappa shape index (κ3) is 3.73. The minimum atomic E-state index is -0.842. The number of likely N-dealkylation sites (N-methyl/N-ethyl adjacent to an activating group) is 1. The number of carboxylic acids is 1. The monoisotopic (exact) mass is 279 g/mol. The van der Waals surface area contributed by atoms with Crippen LogP contribution in [0.2, 0.25) is 0 Å². The van der Waals surface area contributed by atoms with Crippen molar-refractivity contribution in [1.29, 1.82) is 0 Å². The van der Waals surface area contributed by atoms with Crippen LogP contribution in [-0.2, 0) is 4.79 Å². The van der Waals surface area contributed by atoms with Gasteiger partial charge in [0, 0.05) is 0 Å². The van der Waals surface area contributed by atoms with Crippen molar-refractivity contribution in [3.63, 3.8) is 0 Å². The topological polar surface area (TPSA) is 58.6 Å². The molecule has 0 amide bonds. The van der Waals surface area contributed by atoms with Gasteiger partial charge in [-0.15, -0.1) is 0 Å². The van der Waals surface area contributed by atoms with Gasteiger partial charge in [-0.3, -0.25) is 4.79 Å². The van der Waals surface area contributed by atoms with E-state index in [1.807, 2.05) is 26.0 Å². The molecule has 0 aliphatic heterocycles. The standard InChI is InChI=1S/C16H25NO3/c1-5-16(17-4,15(18)19)10-7-11-20-14-9-6-8-12(2)13(14)3/h6,8-9,17H,5,7,10-11H2,1-4H3,(H,18,19). The fourth-order valence-corrected chi connectivity index (χ4v) is 2.28. The second kappa shape index (κ2) is 7.29. The van der Waals surface area contributed by atoms with E-state index in [4.69, 9.17) is 4.74 Å². The number of benzene rings is 1. The summed E-state index contributed by atoms with van der Waals surface area (Å²) in [6.45, 7) is 6.50. The van der Waals surface area contributed by atoms with Crippen LogP contribution in [0, 0.1) is 13.8 Å². The molecule has 2 N–H and O–H groups in total. The lowest BCUT2D eigenvalue weighted by molar-refractivity contribution is -0.145. The summed E-state index contributed by atoms with van der Waals surface area (Å²) in [4.78, 5) is 11.3. The fraction of sp³-hybridized carbons (Fsp3) is 0.562. The van der Waals surface area contributed by atoms with Gasteiger partial charge in [0.05, 0.1) is 6.61 Å². The number of carbonyl (C=O) groups is 1. The Morgan fingerprint density at radius 3 is 2.65 bits per heavy atom. The summed E-state index contributed by atoms with van der Waals surface area (Å²) in [6.07, 6.45) is 1.82. The van der Waals surface area contributed by atoms with Crippen LogP contribution in [0.3, 0.4) is 0 Å². The highest BCUT2D eigenvalue weighted by Crippen LogP contribution is 2.22. The van der Waals surface area contributed by atoms with Crippen LogP contribution >= 0.6 is 0 Å². The summed E-state index contributed by atoms with van der Waals surface area (Å²) in [5.74, 6) is 0.0844. The van der Waals surface area contributed by atoms with Crippen molar-refractivity contribution >= 4 is 5.97 Å². The molecule has 1 rings (SSSR count). The van der Waals surface area contributed by atoms with Gasteiger partial charge in [0.15, 0.2) is 0 Å². The molecular formula is C16H25NO3. The molecule has 0 aromatic heterocycles. The maximum atomic E-state index is 11.3. The molecule has 20 heavy (non-hydrogen) atoms. The molecule has 1 unspecified atom stereocenters. The number of hydrogen-bond donors (Lipinski definition) is 2. The fourth-order valence-electron chi connectivity index (χ4n) is 2.28. The molecule has 0 saturated carbocycles. The second-order valence-corrected chi connectivity index (χ2v) is 5.14. The molecule has 1 aromatic rings. The molecule has 4 nitrogen and oxygen atoms in total. The van der Waals surface area contributed by atoms with Crippen molar-refractivity contribution in [2.45, 2.75) is 45.6 Å². The lowest BCUT2D eigenvalue weighted by Crippen LogP contribution is -2.50. The number of hydrogen-bond acceptors (Lipinski definition) is 3. The van der Waals surface area contributed by atoms with E-state index in [1.165, 1.54) is 5.56 Å². The van der Waals surface area contributed by atoms with Gasteiger partial charge in [-0.2, -0.15) is 0 Å². The molecule has 0 fully saturated rings. The van der Waals surface area contributed by atoms with E-state index in [2.05, 4.69) is 18.3 Å². The Labute approximate surface area is 121 Å². The van der Waals surface area contributed by atoms with E-state index >= 15 is 0 Å². The molecule has 0 heterocycles. The highest BCUT2D eigenvalue weighted by molar-refractivity contribution is 5.78. The molecule has 0 saturated heterocycles. The first-order valence-electron chi connectivity index (χ1n) is 7.08. The minimum absolute atomic E-state index is 0.529. The largest absolute Gasteiger partial charge is 0.493 e. The summed E-state index contributed by atoms with van der Waals surface area (Å²) in [6, 6.07) is 5.97. The molecule has 1 aromatic carbocycles. The Morgan fingerprint density at radius 1 is 1.40 bits per heavy atom. The first kappa shape index (κ1) is 16.5. The van der Waals surface area contributed by atoms with Gasteiger partial charge >= 0.3 is 5.97 Å². The third-order valence-corrected chi connectivity index (χ3v) is 4.05. The molecule has 0 spiro atoms. The number of aliphatic carboxylic acids is 1. The van der Waals surface area contributed by atoms with Crippen molar-refractivity contribution in [3.05, 3.63) is 29.3 Å². The predicted molar refractivity (Wildman–Crippen MR) is 80.4 cm³/mol. The van der Waals surface area contributed by atoms with Crippen LogP contribution < -0.4 is 10.1 Å². The van der Waals surface area contributed by atoms with Crippen LogP contribution in [0.4, 0.5) is 0 Å². The summed E-state index contributed by atoms with van der Waals surface area (Å²) in [5.41, 5.74) is 1.50. The average molecular weight is 279 g/mol. The molecular weight excluding hydrogens is 254 g/mol. The Hall–Kier alpha value is -1.55. The lowest BCUT2D eigenvalue weighted by Gasteiger charge is -2.27. The van der Waals surface area contributed by atoms with E-state index in [0.717, 1.165) is 11.3 Å². The van der Waals surface area contributed by atoms with E-state index in [0.29, 0.717) is 25.9 Å². The molecule has 0 radical (unpaired) electrons. The number of aryl methyl sites for hydroxylation is 1. The summed E-state index contributed by atoms with van der Waals surface area (Å²) in [5, 5.41) is 12.2. The summed E-state index contributed by atoms with van der Waals surface area (Å²) in [7, 11) is 1.70. The van der Waals surface area contributed by atoms with Crippen LogP contribution in [0.1, 0.15) is 37.3 Å². The van der Waals surface area contributed by atoms with Crippen molar-refractivity contribution in [2.24, 2.45) is 0 Å². The first-order valence-corrected chi connectivity index (χ1v) is 7.08. The molecule has 1 atom stereocenters. The maximum Gasteiger partial charge on any atom is 0.323 e. The Balaban J connectivity index is 2.52. The highest BCUT2D eigenvalue weighted by atomic mass is 16.5. The quantitative estimate of drug-likeness (QED) is 0.718. The molecule has 4 heteroatoms. The van der Waals surface area contributed by atoms with Crippen molar-refractivity contribution in [2.75, 3.05) is 13.7 Å². The Morgan fingerprint density at radius 2 is 2.10 bits per heavy atom. The summed E-state index contributed by atoms with van der Waals surface area (Å²) >= 11 is 0. The maximum absolute atomic E-state index is 11.3. The molecule has 112 valence electrons. The van der Waals surface area contributed by atoms with E-state index in [9.17, 15) is 9.90 Å². The van der Waals surface area contributed by atoms with Crippen LogP contribution in [0.15, 0.2) is 18.2 Å². The van der Waals surface area contributed by atoms with Gasteiger partial charge in [0.1, 0.15) is 11.3 Å². The second-order valence-electron chi connectivity index (χ2n) is 5.14.